The number of esters is 1. The number of carbonyl (C=O) groups excluding carboxylic acids is 5. The Balaban J connectivity index is 2.40. The van der Waals surface area contributed by atoms with Crippen LogP contribution in [-0.4, -0.2) is 68.4 Å². The van der Waals surface area contributed by atoms with Crippen LogP contribution in [0.1, 0.15) is 97.0 Å². The fraction of sp³-hybridized carbons (Fsp3) is 0.656. The Morgan fingerprint density at radius 3 is 1.95 bits per heavy atom. The predicted molar refractivity (Wildman–Crippen MR) is 167 cm³/mol. The molecular weight excluding hydrogens is 568 g/mol. The third-order valence-corrected chi connectivity index (χ3v) is 6.39. The molecule has 4 amide bonds. The van der Waals surface area contributed by atoms with Gasteiger partial charge < -0.3 is 35.5 Å². The lowest BCUT2D eigenvalue weighted by Crippen LogP contribution is -2.47. The number of hydrogen-bond acceptors (Lipinski definition) is 8. The Morgan fingerprint density at radius 2 is 1.32 bits per heavy atom. The van der Waals surface area contributed by atoms with Crippen molar-refractivity contribution in [3.63, 3.8) is 0 Å². The number of nitrogens with one attached hydrogen (secondary N) is 4. The summed E-state index contributed by atoms with van der Waals surface area (Å²) in [5.74, 6) is -0.732. The molecule has 1 aromatic rings. The molecule has 0 bridgehead atoms. The van der Waals surface area contributed by atoms with Crippen LogP contribution in [0.25, 0.3) is 0 Å². The lowest BCUT2D eigenvalue weighted by molar-refractivity contribution is -0.140. The van der Waals surface area contributed by atoms with Crippen LogP contribution >= 0.6 is 0 Å². The predicted octanol–water partition coefficient (Wildman–Crippen LogP) is 4.50. The second-order valence-corrected chi connectivity index (χ2v) is 11.5. The summed E-state index contributed by atoms with van der Waals surface area (Å²) in [5, 5.41) is 11.1. The zero-order chi connectivity index (χ0) is 32.6. The molecule has 0 fully saturated rings. The van der Waals surface area contributed by atoms with Crippen molar-refractivity contribution in [2.75, 3.05) is 26.7 Å². The minimum absolute atomic E-state index is 0.184. The Labute approximate surface area is 261 Å². The van der Waals surface area contributed by atoms with Crippen molar-refractivity contribution in [2.24, 2.45) is 0 Å². The van der Waals surface area contributed by atoms with Crippen molar-refractivity contribution in [3.05, 3.63) is 35.9 Å². The van der Waals surface area contributed by atoms with Gasteiger partial charge in [-0.05, 0) is 71.3 Å². The van der Waals surface area contributed by atoms with Gasteiger partial charge in [0.05, 0.1) is 7.11 Å². The van der Waals surface area contributed by atoms with E-state index in [9.17, 15) is 24.0 Å². The third kappa shape index (κ3) is 21.0. The van der Waals surface area contributed by atoms with Gasteiger partial charge in [0.15, 0.2) is 0 Å². The molecular formula is C32H52N4O8. The molecule has 0 unspecified atom stereocenters. The molecule has 0 saturated carbocycles. The summed E-state index contributed by atoms with van der Waals surface area (Å²) in [4.78, 5) is 60.4. The van der Waals surface area contributed by atoms with Crippen molar-refractivity contribution < 1.29 is 38.2 Å². The van der Waals surface area contributed by atoms with Gasteiger partial charge in [-0.15, -0.1) is 0 Å². The number of carbonyl (C=O) groups is 5. The maximum atomic E-state index is 12.9. The van der Waals surface area contributed by atoms with Crippen LogP contribution < -0.4 is 21.3 Å². The summed E-state index contributed by atoms with van der Waals surface area (Å²) in [7, 11) is 1.36. The second-order valence-electron chi connectivity index (χ2n) is 11.5. The highest BCUT2D eigenvalue weighted by Gasteiger charge is 2.20. The normalized spacial score (nSPS) is 11.5. The van der Waals surface area contributed by atoms with Crippen molar-refractivity contribution in [1.29, 1.82) is 0 Å². The summed E-state index contributed by atoms with van der Waals surface area (Å²) in [6, 6.07) is 8.69. The number of amides is 4. The number of benzene rings is 1. The lowest BCUT2D eigenvalue weighted by Gasteiger charge is -2.19. The van der Waals surface area contributed by atoms with Crippen molar-refractivity contribution in [1.82, 2.24) is 21.3 Å². The third-order valence-electron chi connectivity index (χ3n) is 6.39. The molecule has 12 nitrogen and oxygen atoms in total. The number of methoxy groups -OCH3 is 1. The first-order chi connectivity index (χ1) is 21.0. The van der Waals surface area contributed by atoms with E-state index in [1.807, 2.05) is 30.3 Å². The average Bonchev–Trinajstić information content (AvgIpc) is 2.98. The Bertz CT molecular complexity index is 998. The van der Waals surface area contributed by atoms with Gasteiger partial charge in [-0.25, -0.2) is 9.59 Å². The zero-order valence-electron chi connectivity index (χ0n) is 26.8. The monoisotopic (exact) mass is 620 g/mol. The lowest BCUT2D eigenvalue weighted by atomic mass is 10.1. The molecule has 12 heteroatoms. The number of ether oxygens (including phenoxy) is 3. The summed E-state index contributed by atoms with van der Waals surface area (Å²) in [5.41, 5.74) is 0.341. The molecule has 0 aromatic heterocycles. The van der Waals surface area contributed by atoms with Crippen LogP contribution in [-0.2, 0) is 35.2 Å². The van der Waals surface area contributed by atoms with E-state index in [0.29, 0.717) is 71.0 Å². The van der Waals surface area contributed by atoms with E-state index in [1.54, 1.807) is 20.8 Å². The molecule has 248 valence electrons. The summed E-state index contributed by atoms with van der Waals surface area (Å²) < 4.78 is 15.0. The fourth-order valence-corrected chi connectivity index (χ4v) is 4.07. The molecule has 4 N–H and O–H groups in total. The molecule has 1 aromatic carbocycles. The minimum atomic E-state index is -0.698. The van der Waals surface area contributed by atoms with E-state index in [0.717, 1.165) is 18.4 Å². The summed E-state index contributed by atoms with van der Waals surface area (Å²) >= 11 is 0. The van der Waals surface area contributed by atoms with Crippen LogP contribution in [0.4, 0.5) is 9.59 Å². The highest BCUT2D eigenvalue weighted by Crippen LogP contribution is 2.08. The van der Waals surface area contributed by atoms with Gasteiger partial charge in [0.2, 0.25) is 11.8 Å². The van der Waals surface area contributed by atoms with Gasteiger partial charge in [0, 0.05) is 32.5 Å². The largest absolute Gasteiger partial charge is 0.469 e. The quantitative estimate of drug-likeness (QED) is 0.0887. The standard InChI is InChI=1S/C32H52N4O8/c1-32(2,3)44-31(41)35-22-14-6-10-19-27(37)36-26(29(39)33-21-13-7-11-20-28(38)42-4)18-12-15-23-34-30(40)43-24-25-16-8-5-9-17-25/h5,8-9,16-17,26H,6-7,10-15,18-24H2,1-4H3,(H,33,39)(H,34,40)(H,35,41)(H,36,37)/t26-/m0/s1. The molecule has 0 saturated heterocycles. The Kier molecular flexibility index (Phi) is 19.7. The van der Waals surface area contributed by atoms with Crippen molar-refractivity contribution in [2.45, 2.75) is 110 Å². The van der Waals surface area contributed by atoms with Gasteiger partial charge in [0.25, 0.3) is 0 Å². The molecule has 0 heterocycles. The van der Waals surface area contributed by atoms with E-state index in [1.165, 1.54) is 7.11 Å². The highest BCUT2D eigenvalue weighted by atomic mass is 16.6. The van der Waals surface area contributed by atoms with Gasteiger partial charge in [-0.3, -0.25) is 14.4 Å². The van der Waals surface area contributed by atoms with Crippen LogP contribution in [0.5, 0.6) is 0 Å². The molecule has 0 aliphatic carbocycles. The topological polar surface area (TPSA) is 161 Å². The van der Waals surface area contributed by atoms with Crippen LogP contribution in [0.3, 0.4) is 0 Å². The van der Waals surface area contributed by atoms with Crippen molar-refractivity contribution in [3.8, 4) is 0 Å². The molecule has 0 aliphatic rings. The number of hydrogen-bond donors (Lipinski definition) is 4. The molecule has 0 spiro atoms. The van der Waals surface area contributed by atoms with Gasteiger partial charge >= 0.3 is 18.2 Å². The maximum Gasteiger partial charge on any atom is 0.407 e. The molecule has 1 rings (SSSR count). The Hall–Kier alpha value is -3.83. The van der Waals surface area contributed by atoms with Gasteiger partial charge in [-0.2, -0.15) is 0 Å². The number of alkyl carbamates (subject to hydrolysis) is 2. The van der Waals surface area contributed by atoms with E-state index in [4.69, 9.17) is 9.47 Å². The first-order valence-corrected chi connectivity index (χ1v) is 15.6. The summed E-state index contributed by atoms with van der Waals surface area (Å²) in [6.45, 7) is 6.85. The van der Waals surface area contributed by atoms with E-state index in [2.05, 4.69) is 26.0 Å². The molecule has 1 atom stereocenters. The smallest absolute Gasteiger partial charge is 0.407 e. The van der Waals surface area contributed by atoms with Gasteiger partial charge in [0.1, 0.15) is 18.2 Å². The maximum absolute atomic E-state index is 12.9. The average molecular weight is 621 g/mol. The minimum Gasteiger partial charge on any atom is -0.469 e. The molecule has 0 radical (unpaired) electrons. The van der Waals surface area contributed by atoms with Crippen molar-refractivity contribution >= 4 is 30.0 Å². The first kappa shape index (κ1) is 38.2. The van der Waals surface area contributed by atoms with Crippen LogP contribution in [0.2, 0.25) is 0 Å². The van der Waals surface area contributed by atoms with Crippen LogP contribution in [0, 0.1) is 0 Å². The molecule has 0 aliphatic heterocycles. The fourth-order valence-electron chi connectivity index (χ4n) is 4.07. The number of rotatable bonds is 21. The van der Waals surface area contributed by atoms with Crippen LogP contribution in [0.15, 0.2) is 30.3 Å². The van der Waals surface area contributed by atoms with E-state index in [-0.39, 0.29) is 30.8 Å². The highest BCUT2D eigenvalue weighted by molar-refractivity contribution is 5.87. The SMILES string of the molecule is COC(=O)CCCCCNC(=O)[C@H](CCCCNC(=O)OCc1ccccc1)NC(=O)CCCCCNC(=O)OC(C)(C)C. The molecule has 44 heavy (non-hydrogen) atoms. The number of unbranched alkanes of at least 4 members (excludes halogenated alkanes) is 5. The first-order valence-electron chi connectivity index (χ1n) is 15.6. The van der Waals surface area contributed by atoms with E-state index >= 15 is 0 Å². The summed E-state index contributed by atoms with van der Waals surface area (Å²) in [6.07, 6.45) is 5.46. The van der Waals surface area contributed by atoms with Gasteiger partial charge in [-0.1, -0.05) is 43.2 Å². The second kappa shape index (κ2) is 22.7. The Morgan fingerprint density at radius 1 is 0.727 bits per heavy atom. The van der Waals surface area contributed by atoms with E-state index < -0.39 is 23.8 Å². The zero-order valence-corrected chi connectivity index (χ0v) is 26.8.